The second kappa shape index (κ2) is 5.16. The summed E-state index contributed by atoms with van der Waals surface area (Å²) in [6, 6.07) is 11.8. The first-order valence-electron chi connectivity index (χ1n) is 6.32. The van der Waals surface area contributed by atoms with Crippen LogP contribution in [-0.2, 0) is 6.42 Å². The lowest BCUT2D eigenvalue weighted by Crippen LogP contribution is -2.22. The minimum Gasteiger partial charge on any atom is -0.303 e. The first-order chi connectivity index (χ1) is 8.75. The van der Waals surface area contributed by atoms with Gasteiger partial charge in [0.1, 0.15) is 0 Å². The van der Waals surface area contributed by atoms with Gasteiger partial charge in [-0.1, -0.05) is 34.1 Å². The van der Waals surface area contributed by atoms with Crippen molar-refractivity contribution in [2.75, 3.05) is 0 Å². The van der Waals surface area contributed by atoms with Crippen molar-refractivity contribution in [2.45, 2.75) is 31.8 Å². The number of fused-ring (bicyclic) bond motifs is 1. The molecule has 1 unspecified atom stereocenters. The number of halogens is 1. The number of hydrogen-bond acceptors (Lipinski definition) is 2. The van der Waals surface area contributed by atoms with E-state index in [0.29, 0.717) is 12.1 Å². The van der Waals surface area contributed by atoms with Crippen molar-refractivity contribution >= 4 is 27.3 Å². The Bertz CT molecular complexity index is 535. The highest BCUT2D eigenvalue weighted by Gasteiger charge is 2.25. The van der Waals surface area contributed by atoms with Gasteiger partial charge in [0.25, 0.3) is 0 Å². The predicted octanol–water partition coefficient (Wildman–Crippen LogP) is 4.85. The van der Waals surface area contributed by atoms with E-state index in [1.54, 1.807) is 0 Å². The first-order valence-corrected chi connectivity index (χ1v) is 7.99. The van der Waals surface area contributed by atoms with Gasteiger partial charge in [0, 0.05) is 21.4 Å². The molecule has 1 aliphatic carbocycles. The average Bonchev–Trinajstić information content (AvgIpc) is 2.99. The molecule has 1 aliphatic rings. The van der Waals surface area contributed by atoms with Crippen molar-refractivity contribution in [1.82, 2.24) is 5.32 Å². The predicted molar refractivity (Wildman–Crippen MR) is 81.1 cm³/mol. The van der Waals surface area contributed by atoms with Crippen LogP contribution in [-0.4, -0.2) is 0 Å². The van der Waals surface area contributed by atoms with E-state index >= 15 is 0 Å². The topological polar surface area (TPSA) is 12.0 Å². The Morgan fingerprint density at radius 2 is 2.22 bits per heavy atom. The summed E-state index contributed by atoms with van der Waals surface area (Å²) in [6.07, 6.45) is 2.37. The smallest absolute Gasteiger partial charge is 0.0391 e. The molecule has 1 aromatic heterocycles. The van der Waals surface area contributed by atoms with Crippen LogP contribution in [0.25, 0.3) is 0 Å². The van der Waals surface area contributed by atoms with Gasteiger partial charge in [-0.25, -0.2) is 0 Å². The van der Waals surface area contributed by atoms with Crippen LogP contribution in [0.5, 0.6) is 0 Å². The second-order valence-corrected chi connectivity index (χ2v) is 6.64. The minimum atomic E-state index is 0.430. The Labute approximate surface area is 120 Å². The highest BCUT2D eigenvalue weighted by atomic mass is 79.9. The van der Waals surface area contributed by atoms with E-state index in [1.165, 1.54) is 33.3 Å². The van der Waals surface area contributed by atoms with E-state index in [1.807, 2.05) is 11.3 Å². The van der Waals surface area contributed by atoms with Gasteiger partial charge >= 0.3 is 0 Å². The highest BCUT2D eigenvalue weighted by molar-refractivity contribution is 9.10. The van der Waals surface area contributed by atoms with Crippen LogP contribution in [0.3, 0.4) is 0 Å². The molecule has 0 saturated carbocycles. The summed E-state index contributed by atoms with van der Waals surface area (Å²) in [5.74, 6) is 0. The van der Waals surface area contributed by atoms with Crippen LogP contribution < -0.4 is 5.32 Å². The lowest BCUT2D eigenvalue weighted by Gasteiger charge is -2.19. The first kappa shape index (κ1) is 12.4. The van der Waals surface area contributed by atoms with Gasteiger partial charge in [-0.2, -0.15) is 0 Å². The fraction of sp³-hybridized carbons (Fsp3) is 0.333. The number of hydrogen-bond donors (Lipinski definition) is 1. The Kier molecular flexibility index (Phi) is 3.55. The van der Waals surface area contributed by atoms with E-state index in [-0.39, 0.29) is 0 Å². The molecule has 94 valence electrons. The van der Waals surface area contributed by atoms with E-state index in [2.05, 4.69) is 63.9 Å². The van der Waals surface area contributed by atoms with E-state index in [4.69, 9.17) is 0 Å². The third-order valence-electron chi connectivity index (χ3n) is 3.63. The summed E-state index contributed by atoms with van der Waals surface area (Å²) in [4.78, 5) is 1.42. The van der Waals surface area contributed by atoms with Gasteiger partial charge in [0.05, 0.1) is 0 Å². The molecule has 3 rings (SSSR count). The minimum absolute atomic E-state index is 0.430. The van der Waals surface area contributed by atoms with Gasteiger partial charge in [-0.05, 0) is 48.4 Å². The van der Waals surface area contributed by atoms with Crippen LogP contribution in [0.15, 0.2) is 40.2 Å². The van der Waals surface area contributed by atoms with E-state index in [9.17, 15) is 0 Å². The molecular weight excluding hydrogens is 306 g/mol. The van der Waals surface area contributed by atoms with E-state index in [0.717, 1.165) is 0 Å². The summed E-state index contributed by atoms with van der Waals surface area (Å²) in [5.41, 5.74) is 2.95. The van der Waals surface area contributed by atoms with Crippen LogP contribution >= 0.6 is 27.3 Å². The SMILES string of the molecule is C[C@H](NC1CCc2c(Br)cccc21)c1cccs1. The molecule has 0 amide bonds. The fourth-order valence-corrected chi connectivity index (χ4v) is 4.03. The molecule has 0 radical (unpaired) electrons. The Balaban J connectivity index is 1.79. The molecule has 1 N–H and O–H groups in total. The van der Waals surface area contributed by atoms with Crippen LogP contribution in [0.1, 0.15) is 41.4 Å². The molecule has 0 fully saturated rings. The van der Waals surface area contributed by atoms with Crippen molar-refractivity contribution in [1.29, 1.82) is 0 Å². The fourth-order valence-electron chi connectivity index (χ4n) is 2.70. The van der Waals surface area contributed by atoms with Crippen LogP contribution in [0.4, 0.5) is 0 Å². The molecule has 18 heavy (non-hydrogen) atoms. The lowest BCUT2D eigenvalue weighted by atomic mass is 10.1. The lowest BCUT2D eigenvalue weighted by molar-refractivity contribution is 0.469. The Morgan fingerprint density at radius 1 is 1.33 bits per heavy atom. The zero-order valence-electron chi connectivity index (χ0n) is 10.3. The average molecular weight is 322 g/mol. The molecule has 0 bridgehead atoms. The summed E-state index contributed by atoms with van der Waals surface area (Å²) >= 11 is 5.48. The van der Waals surface area contributed by atoms with Gasteiger partial charge in [0.2, 0.25) is 0 Å². The van der Waals surface area contributed by atoms with Crippen molar-refractivity contribution in [2.24, 2.45) is 0 Å². The van der Waals surface area contributed by atoms with Gasteiger partial charge in [0.15, 0.2) is 0 Å². The third-order valence-corrected chi connectivity index (χ3v) is 5.43. The third kappa shape index (κ3) is 2.27. The largest absolute Gasteiger partial charge is 0.303 e. The maximum absolute atomic E-state index is 3.75. The summed E-state index contributed by atoms with van der Waals surface area (Å²) < 4.78 is 1.26. The summed E-state index contributed by atoms with van der Waals surface area (Å²) in [7, 11) is 0. The molecule has 1 nitrogen and oxygen atoms in total. The molecule has 0 spiro atoms. The number of benzene rings is 1. The quantitative estimate of drug-likeness (QED) is 0.852. The number of nitrogens with one attached hydrogen (secondary N) is 1. The summed E-state index contributed by atoms with van der Waals surface area (Å²) in [6.45, 7) is 2.25. The van der Waals surface area contributed by atoms with Gasteiger partial charge < -0.3 is 5.32 Å². The number of thiophene rings is 1. The standard InChI is InChI=1S/C15H16BrNS/c1-10(15-6-3-9-18-15)17-14-8-7-11-12(14)4-2-5-13(11)16/h2-6,9-10,14,17H,7-8H2,1H3/t10-,14?/m0/s1. The molecule has 1 aromatic carbocycles. The normalized spacial score (nSPS) is 19.8. The second-order valence-electron chi connectivity index (χ2n) is 4.80. The van der Waals surface area contributed by atoms with Gasteiger partial charge in [-0.3, -0.25) is 0 Å². The van der Waals surface area contributed by atoms with E-state index < -0.39 is 0 Å². The maximum atomic E-state index is 3.75. The maximum Gasteiger partial charge on any atom is 0.0391 e. The van der Waals surface area contributed by atoms with Crippen LogP contribution in [0.2, 0.25) is 0 Å². The van der Waals surface area contributed by atoms with Crippen molar-refractivity contribution in [3.63, 3.8) is 0 Å². The molecule has 0 aliphatic heterocycles. The Hall–Kier alpha value is -0.640. The molecule has 0 saturated heterocycles. The van der Waals surface area contributed by atoms with Crippen LogP contribution in [0, 0.1) is 0 Å². The summed E-state index contributed by atoms with van der Waals surface area (Å²) in [5, 5.41) is 5.90. The van der Waals surface area contributed by atoms with Crippen molar-refractivity contribution < 1.29 is 0 Å². The molecule has 3 heteroatoms. The number of rotatable bonds is 3. The molecule has 2 aromatic rings. The molecular formula is C15H16BrNS. The molecule has 2 atom stereocenters. The zero-order chi connectivity index (χ0) is 12.5. The monoisotopic (exact) mass is 321 g/mol. The Morgan fingerprint density at radius 3 is 3.00 bits per heavy atom. The van der Waals surface area contributed by atoms with Crippen molar-refractivity contribution in [3.05, 3.63) is 56.2 Å². The molecule has 1 heterocycles. The highest BCUT2D eigenvalue weighted by Crippen LogP contribution is 2.37. The van der Waals surface area contributed by atoms with Gasteiger partial charge in [-0.15, -0.1) is 11.3 Å². The zero-order valence-corrected chi connectivity index (χ0v) is 12.7. The van der Waals surface area contributed by atoms with Crippen molar-refractivity contribution in [3.8, 4) is 0 Å².